The molecule has 2 N–H and O–H groups in total. The van der Waals surface area contributed by atoms with Gasteiger partial charge in [0.1, 0.15) is 0 Å². The zero-order valence-electron chi connectivity index (χ0n) is 12.4. The van der Waals surface area contributed by atoms with Crippen molar-refractivity contribution in [2.45, 2.75) is 46.3 Å². The summed E-state index contributed by atoms with van der Waals surface area (Å²) in [5, 5.41) is 1.02. The Kier molecular flexibility index (Phi) is 6.31. The molecular weight excluding hydrogens is 295 g/mol. The lowest BCUT2D eigenvalue weighted by molar-refractivity contribution is -0.137. The fourth-order valence-electron chi connectivity index (χ4n) is 1.84. The molecule has 0 saturated carbocycles. The molecule has 0 aliphatic rings. The van der Waals surface area contributed by atoms with Crippen LogP contribution in [0.5, 0.6) is 0 Å². The highest BCUT2D eigenvalue weighted by Gasteiger charge is 2.25. The second-order valence-corrected chi connectivity index (χ2v) is 6.27. The molecule has 1 aromatic carbocycles. The topological polar surface area (TPSA) is 46.3 Å². The van der Waals surface area contributed by atoms with E-state index in [0.29, 0.717) is 16.6 Å². The van der Waals surface area contributed by atoms with Crippen molar-refractivity contribution in [1.82, 2.24) is 4.90 Å². The highest BCUT2D eigenvalue weighted by Crippen LogP contribution is 2.24. The molecule has 0 spiro atoms. The van der Waals surface area contributed by atoms with E-state index >= 15 is 0 Å². The first-order valence-corrected chi connectivity index (χ1v) is 7.49. The number of carbonyl (C=O) groups excluding carboxylic acids is 1. The second kappa shape index (κ2) is 7.30. The van der Waals surface area contributed by atoms with Crippen molar-refractivity contribution in [2.75, 3.05) is 0 Å². The molecule has 0 fully saturated rings. The number of nitrogens with zero attached hydrogens (tertiary/aromatic N) is 1. The minimum atomic E-state index is -0.208. The summed E-state index contributed by atoms with van der Waals surface area (Å²) in [5.41, 5.74) is 6.78. The number of nitrogens with two attached hydrogens (primary N) is 1. The van der Waals surface area contributed by atoms with Gasteiger partial charge in [0.05, 0.1) is 16.0 Å². The molecule has 0 saturated heterocycles. The molecule has 0 aliphatic carbocycles. The van der Waals surface area contributed by atoms with Gasteiger partial charge in [0.25, 0.3) is 0 Å². The summed E-state index contributed by atoms with van der Waals surface area (Å²) in [4.78, 5) is 14.3. The summed E-state index contributed by atoms with van der Waals surface area (Å²) >= 11 is 11.9. The third-order valence-corrected chi connectivity index (χ3v) is 4.16. The van der Waals surface area contributed by atoms with Crippen LogP contribution in [0.2, 0.25) is 10.0 Å². The van der Waals surface area contributed by atoms with Gasteiger partial charge in [-0.1, -0.05) is 36.2 Å². The van der Waals surface area contributed by atoms with Gasteiger partial charge in [0.15, 0.2) is 0 Å². The highest BCUT2D eigenvalue weighted by atomic mass is 35.5. The van der Waals surface area contributed by atoms with Gasteiger partial charge in [0.2, 0.25) is 5.91 Å². The van der Waals surface area contributed by atoms with E-state index in [2.05, 4.69) is 0 Å². The van der Waals surface area contributed by atoms with Crippen LogP contribution < -0.4 is 5.73 Å². The lowest BCUT2D eigenvalue weighted by Crippen LogP contribution is -2.44. The van der Waals surface area contributed by atoms with E-state index in [4.69, 9.17) is 28.9 Å². The van der Waals surface area contributed by atoms with Crippen LogP contribution in [0.1, 0.15) is 33.3 Å². The SMILES string of the molecule is CC(N)C(C)C(=O)N(Cc1ccc(Cl)c(Cl)c1)C(C)C. The van der Waals surface area contributed by atoms with Crippen LogP contribution in [0.4, 0.5) is 0 Å². The molecule has 0 bridgehead atoms. The Morgan fingerprint density at radius 3 is 2.25 bits per heavy atom. The molecule has 1 aromatic rings. The van der Waals surface area contributed by atoms with E-state index < -0.39 is 0 Å². The number of amides is 1. The lowest BCUT2D eigenvalue weighted by atomic mass is 10.0. The molecule has 112 valence electrons. The van der Waals surface area contributed by atoms with E-state index in [0.717, 1.165) is 5.56 Å². The second-order valence-electron chi connectivity index (χ2n) is 5.46. The first-order chi connectivity index (χ1) is 9.23. The number of hydrogen-bond acceptors (Lipinski definition) is 2. The fourth-order valence-corrected chi connectivity index (χ4v) is 2.16. The Morgan fingerprint density at radius 1 is 1.20 bits per heavy atom. The maximum Gasteiger partial charge on any atom is 0.227 e. The summed E-state index contributed by atoms with van der Waals surface area (Å²) in [6, 6.07) is 5.35. The Labute approximate surface area is 131 Å². The lowest BCUT2D eigenvalue weighted by Gasteiger charge is -2.31. The number of benzene rings is 1. The number of halogens is 2. The van der Waals surface area contributed by atoms with Crippen LogP contribution in [0, 0.1) is 5.92 Å². The minimum Gasteiger partial charge on any atom is -0.336 e. The molecule has 0 heterocycles. The van der Waals surface area contributed by atoms with Crippen molar-refractivity contribution < 1.29 is 4.79 Å². The van der Waals surface area contributed by atoms with Crippen molar-refractivity contribution in [3.63, 3.8) is 0 Å². The van der Waals surface area contributed by atoms with E-state index in [-0.39, 0.29) is 23.9 Å². The minimum absolute atomic E-state index is 0.0565. The fraction of sp³-hybridized carbons (Fsp3) is 0.533. The summed E-state index contributed by atoms with van der Waals surface area (Å²) in [7, 11) is 0. The van der Waals surface area contributed by atoms with Crippen molar-refractivity contribution in [2.24, 2.45) is 11.7 Å². The quantitative estimate of drug-likeness (QED) is 0.900. The number of carbonyl (C=O) groups is 1. The molecule has 20 heavy (non-hydrogen) atoms. The molecular formula is C15H22Cl2N2O. The van der Waals surface area contributed by atoms with Crippen LogP contribution >= 0.6 is 23.2 Å². The van der Waals surface area contributed by atoms with Crippen LogP contribution in [0.25, 0.3) is 0 Å². The molecule has 1 amide bonds. The van der Waals surface area contributed by atoms with E-state index in [1.807, 2.05) is 38.7 Å². The zero-order valence-corrected chi connectivity index (χ0v) is 13.9. The Morgan fingerprint density at radius 2 is 1.80 bits per heavy atom. The summed E-state index contributed by atoms with van der Waals surface area (Å²) in [6.07, 6.45) is 0. The molecule has 0 aromatic heterocycles. The molecule has 2 unspecified atom stereocenters. The van der Waals surface area contributed by atoms with E-state index in [1.165, 1.54) is 0 Å². The zero-order chi connectivity index (χ0) is 15.4. The number of rotatable bonds is 5. The van der Waals surface area contributed by atoms with E-state index in [1.54, 1.807) is 12.1 Å². The standard InChI is InChI=1S/C15H22Cl2N2O/c1-9(2)19(15(20)10(3)11(4)18)8-12-5-6-13(16)14(17)7-12/h5-7,9-11H,8,18H2,1-4H3. The smallest absolute Gasteiger partial charge is 0.227 e. The van der Waals surface area contributed by atoms with Gasteiger partial charge in [-0.25, -0.2) is 0 Å². The first kappa shape index (κ1) is 17.3. The molecule has 0 radical (unpaired) electrons. The van der Waals surface area contributed by atoms with Crippen LogP contribution in [0.3, 0.4) is 0 Å². The van der Waals surface area contributed by atoms with Crippen LogP contribution in [0.15, 0.2) is 18.2 Å². The Bertz CT molecular complexity index is 475. The summed E-state index contributed by atoms with van der Waals surface area (Å²) in [5.74, 6) is -0.152. The highest BCUT2D eigenvalue weighted by molar-refractivity contribution is 6.42. The molecule has 5 heteroatoms. The maximum absolute atomic E-state index is 12.5. The summed E-state index contributed by atoms with van der Waals surface area (Å²) in [6.45, 7) is 8.19. The Hall–Kier alpha value is -0.770. The molecule has 0 aliphatic heterocycles. The maximum atomic E-state index is 12.5. The van der Waals surface area contributed by atoms with Crippen molar-refractivity contribution in [3.05, 3.63) is 33.8 Å². The van der Waals surface area contributed by atoms with E-state index in [9.17, 15) is 4.79 Å². The average Bonchev–Trinajstić information content (AvgIpc) is 2.37. The number of hydrogen-bond donors (Lipinski definition) is 1. The largest absolute Gasteiger partial charge is 0.336 e. The van der Waals surface area contributed by atoms with Crippen LogP contribution in [-0.2, 0) is 11.3 Å². The molecule has 3 nitrogen and oxygen atoms in total. The average molecular weight is 317 g/mol. The predicted molar refractivity (Wildman–Crippen MR) is 85.0 cm³/mol. The van der Waals surface area contributed by atoms with Crippen molar-refractivity contribution >= 4 is 29.1 Å². The van der Waals surface area contributed by atoms with Gasteiger partial charge in [-0.05, 0) is 38.5 Å². The van der Waals surface area contributed by atoms with Gasteiger partial charge < -0.3 is 10.6 Å². The van der Waals surface area contributed by atoms with Crippen molar-refractivity contribution in [1.29, 1.82) is 0 Å². The summed E-state index contributed by atoms with van der Waals surface area (Å²) < 4.78 is 0. The van der Waals surface area contributed by atoms with Gasteiger partial charge >= 0.3 is 0 Å². The molecule has 2 atom stereocenters. The monoisotopic (exact) mass is 316 g/mol. The third kappa shape index (κ3) is 4.37. The van der Waals surface area contributed by atoms with Crippen molar-refractivity contribution in [3.8, 4) is 0 Å². The Balaban J connectivity index is 2.92. The van der Waals surface area contributed by atoms with Gasteiger partial charge in [-0.3, -0.25) is 4.79 Å². The third-order valence-electron chi connectivity index (χ3n) is 3.42. The molecule has 1 rings (SSSR count). The first-order valence-electron chi connectivity index (χ1n) is 6.74. The normalized spacial score (nSPS) is 14.2. The van der Waals surface area contributed by atoms with Gasteiger partial charge in [-0.2, -0.15) is 0 Å². The van der Waals surface area contributed by atoms with Gasteiger partial charge in [-0.15, -0.1) is 0 Å². The van der Waals surface area contributed by atoms with Gasteiger partial charge in [0, 0.05) is 18.6 Å². The predicted octanol–water partition coefficient (Wildman–Crippen LogP) is 3.71. The van der Waals surface area contributed by atoms with Crippen LogP contribution in [-0.4, -0.2) is 22.9 Å².